The molecule has 1 aromatic heterocycles. The van der Waals surface area contributed by atoms with Crippen LogP contribution in [0.5, 0.6) is 0 Å². The molecule has 0 bridgehead atoms. The van der Waals surface area contributed by atoms with Crippen molar-refractivity contribution in [1.82, 2.24) is 9.88 Å². The molecule has 3 rings (SSSR count). The van der Waals surface area contributed by atoms with Crippen molar-refractivity contribution in [2.45, 2.75) is 56.8 Å². The number of aryl methyl sites for hydroxylation is 1. The molecule has 1 aliphatic carbocycles. The minimum atomic E-state index is -0.190. The van der Waals surface area contributed by atoms with E-state index in [2.05, 4.69) is 11.9 Å². The summed E-state index contributed by atoms with van der Waals surface area (Å²) in [5.41, 5.74) is 1.59. The Labute approximate surface area is 132 Å². The molecule has 1 N–H and O–H groups in total. The third-order valence-electron chi connectivity index (χ3n) is 5.49. The van der Waals surface area contributed by atoms with Gasteiger partial charge in [-0.15, -0.1) is 0 Å². The van der Waals surface area contributed by atoms with Gasteiger partial charge in [-0.25, -0.2) is 0 Å². The molecule has 2 heterocycles. The Morgan fingerprint density at radius 2 is 2.23 bits per heavy atom. The van der Waals surface area contributed by atoms with E-state index in [1.807, 2.05) is 17.0 Å². The van der Waals surface area contributed by atoms with E-state index in [9.17, 15) is 4.79 Å². The molecular weight excluding hydrogens is 280 g/mol. The highest BCUT2D eigenvalue weighted by atomic mass is 16.5. The lowest BCUT2D eigenvalue weighted by atomic mass is 9.79. The summed E-state index contributed by atoms with van der Waals surface area (Å²) in [6, 6.07) is 3.99. The van der Waals surface area contributed by atoms with E-state index in [-0.39, 0.29) is 23.7 Å². The third-order valence-corrected chi connectivity index (χ3v) is 5.49. The fourth-order valence-corrected chi connectivity index (χ4v) is 4.05. The zero-order valence-corrected chi connectivity index (χ0v) is 13.7. The lowest BCUT2D eigenvalue weighted by molar-refractivity contribution is -0.0894. The lowest BCUT2D eigenvalue weighted by Crippen LogP contribution is -2.53. The SMILES string of the molecule is CCc1ccc(C(=O)N2CC[C@]3(OC)CC[C@H](OC)C[C@H]23)[nH]1. The van der Waals surface area contributed by atoms with Gasteiger partial charge in [0.05, 0.1) is 17.7 Å². The number of hydrogen-bond donors (Lipinski definition) is 1. The Morgan fingerprint density at radius 1 is 1.41 bits per heavy atom. The number of nitrogens with one attached hydrogen (secondary N) is 1. The zero-order valence-electron chi connectivity index (χ0n) is 13.7. The average molecular weight is 306 g/mol. The van der Waals surface area contributed by atoms with Crippen LogP contribution in [0.2, 0.25) is 0 Å². The predicted molar refractivity (Wildman–Crippen MR) is 84.0 cm³/mol. The number of methoxy groups -OCH3 is 2. The molecule has 1 amide bonds. The average Bonchev–Trinajstić information content (AvgIpc) is 3.18. The Kier molecular flexibility index (Phi) is 4.28. The molecule has 5 heteroatoms. The first kappa shape index (κ1) is 15.6. The first-order valence-electron chi connectivity index (χ1n) is 8.20. The zero-order chi connectivity index (χ0) is 15.7. The number of carbonyl (C=O) groups excluding carboxylic acids is 1. The molecular formula is C17H26N2O3. The standard InChI is InChI=1S/C17H26N2O3/c1-4-12-5-6-14(18-12)16(20)19-10-9-17(22-3)8-7-13(21-2)11-15(17)19/h5-6,13,15,18H,4,7-11H2,1-3H3/t13-,15-,17+/m0/s1. The molecule has 0 unspecified atom stereocenters. The van der Waals surface area contributed by atoms with Gasteiger partial charge in [-0.2, -0.15) is 0 Å². The third kappa shape index (κ3) is 2.46. The minimum Gasteiger partial charge on any atom is -0.381 e. The number of hydrogen-bond acceptors (Lipinski definition) is 3. The smallest absolute Gasteiger partial charge is 0.270 e. The first-order chi connectivity index (χ1) is 10.6. The van der Waals surface area contributed by atoms with E-state index in [0.717, 1.165) is 44.3 Å². The molecule has 1 aromatic rings. The fraction of sp³-hybridized carbons (Fsp3) is 0.706. The molecule has 3 atom stereocenters. The van der Waals surface area contributed by atoms with Gasteiger partial charge in [0, 0.05) is 26.5 Å². The molecule has 1 saturated heterocycles. The van der Waals surface area contributed by atoms with E-state index >= 15 is 0 Å². The highest BCUT2D eigenvalue weighted by Crippen LogP contribution is 2.43. The van der Waals surface area contributed by atoms with Crippen LogP contribution in [-0.2, 0) is 15.9 Å². The number of H-pyrrole nitrogens is 1. The maximum atomic E-state index is 12.9. The van der Waals surface area contributed by atoms with Crippen LogP contribution >= 0.6 is 0 Å². The van der Waals surface area contributed by atoms with Gasteiger partial charge in [0.2, 0.25) is 0 Å². The summed E-state index contributed by atoms with van der Waals surface area (Å²) in [4.78, 5) is 18.1. The van der Waals surface area contributed by atoms with Crippen LogP contribution in [0, 0.1) is 0 Å². The largest absolute Gasteiger partial charge is 0.381 e. The number of amides is 1. The van der Waals surface area contributed by atoms with Crippen LogP contribution in [-0.4, -0.2) is 54.3 Å². The van der Waals surface area contributed by atoms with Gasteiger partial charge in [0.15, 0.2) is 0 Å². The van der Waals surface area contributed by atoms with Crippen LogP contribution in [0.25, 0.3) is 0 Å². The van der Waals surface area contributed by atoms with Gasteiger partial charge in [-0.05, 0) is 44.2 Å². The van der Waals surface area contributed by atoms with Crippen LogP contribution in [0.4, 0.5) is 0 Å². The lowest BCUT2D eigenvalue weighted by Gasteiger charge is -2.43. The Morgan fingerprint density at radius 3 is 2.86 bits per heavy atom. The van der Waals surface area contributed by atoms with Crippen molar-refractivity contribution >= 4 is 5.91 Å². The van der Waals surface area contributed by atoms with Crippen molar-refractivity contribution < 1.29 is 14.3 Å². The van der Waals surface area contributed by atoms with Crippen LogP contribution in [0.15, 0.2) is 12.1 Å². The van der Waals surface area contributed by atoms with E-state index < -0.39 is 0 Å². The van der Waals surface area contributed by atoms with Gasteiger partial charge >= 0.3 is 0 Å². The van der Waals surface area contributed by atoms with E-state index in [1.54, 1.807) is 14.2 Å². The van der Waals surface area contributed by atoms with Gasteiger partial charge in [0.1, 0.15) is 5.69 Å². The van der Waals surface area contributed by atoms with Crippen LogP contribution in [0.3, 0.4) is 0 Å². The molecule has 0 aromatic carbocycles. The van der Waals surface area contributed by atoms with Crippen LogP contribution in [0.1, 0.15) is 48.8 Å². The number of likely N-dealkylation sites (tertiary alicyclic amines) is 1. The van der Waals surface area contributed by atoms with Crippen molar-refractivity contribution in [3.8, 4) is 0 Å². The highest BCUT2D eigenvalue weighted by Gasteiger charge is 2.52. The number of fused-ring (bicyclic) bond motifs is 1. The van der Waals surface area contributed by atoms with Crippen molar-refractivity contribution in [1.29, 1.82) is 0 Å². The molecule has 1 saturated carbocycles. The van der Waals surface area contributed by atoms with Gasteiger partial charge < -0.3 is 19.4 Å². The second kappa shape index (κ2) is 6.05. The number of carbonyl (C=O) groups is 1. The Hall–Kier alpha value is -1.33. The van der Waals surface area contributed by atoms with Crippen LogP contribution < -0.4 is 0 Å². The summed E-state index contributed by atoms with van der Waals surface area (Å²) in [6.07, 6.45) is 4.86. The van der Waals surface area contributed by atoms with Crippen molar-refractivity contribution in [3.05, 3.63) is 23.5 Å². The van der Waals surface area contributed by atoms with Crippen molar-refractivity contribution in [3.63, 3.8) is 0 Å². The first-order valence-corrected chi connectivity index (χ1v) is 8.20. The van der Waals surface area contributed by atoms with Gasteiger partial charge in [-0.1, -0.05) is 6.92 Å². The summed E-state index contributed by atoms with van der Waals surface area (Å²) < 4.78 is 11.4. The summed E-state index contributed by atoms with van der Waals surface area (Å²) in [5.74, 6) is 0.0837. The van der Waals surface area contributed by atoms with Crippen molar-refractivity contribution in [2.75, 3.05) is 20.8 Å². The second-order valence-electron chi connectivity index (χ2n) is 6.42. The minimum absolute atomic E-state index is 0.0837. The van der Waals surface area contributed by atoms with Crippen molar-refractivity contribution in [2.24, 2.45) is 0 Å². The number of aromatic nitrogens is 1. The summed E-state index contributed by atoms with van der Waals surface area (Å²) in [6.45, 7) is 2.84. The highest BCUT2D eigenvalue weighted by molar-refractivity contribution is 5.93. The quantitative estimate of drug-likeness (QED) is 0.929. The summed E-state index contributed by atoms with van der Waals surface area (Å²) >= 11 is 0. The number of ether oxygens (including phenoxy) is 2. The van der Waals surface area contributed by atoms with E-state index in [4.69, 9.17) is 9.47 Å². The molecule has 2 fully saturated rings. The normalized spacial score (nSPS) is 31.3. The monoisotopic (exact) mass is 306 g/mol. The molecule has 122 valence electrons. The van der Waals surface area contributed by atoms with E-state index in [0.29, 0.717) is 5.69 Å². The number of nitrogens with zero attached hydrogens (tertiary/aromatic N) is 1. The summed E-state index contributed by atoms with van der Waals surface area (Å²) in [7, 11) is 3.53. The van der Waals surface area contributed by atoms with Gasteiger partial charge in [0.25, 0.3) is 5.91 Å². The maximum Gasteiger partial charge on any atom is 0.270 e. The molecule has 5 nitrogen and oxygen atoms in total. The molecule has 0 radical (unpaired) electrons. The van der Waals surface area contributed by atoms with E-state index in [1.165, 1.54) is 0 Å². The van der Waals surface area contributed by atoms with Gasteiger partial charge in [-0.3, -0.25) is 4.79 Å². The Bertz CT molecular complexity index is 542. The molecule has 2 aliphatic rings. The summed E-state index contributed by atoms with van der Waals surface area (Å²) in [5, 5.41) is 0. The second-order valence-corrected chi connectivity index (χ2v) is 6.42. The Balaban J connectivity index is 1.82. The predicted octanol–water partition coefficient (Wildman–Crippen LogP) is 2.38. The molecule has 22 heavy (non-hydrogen) atoms. The topological polar surface area (TPSA) is 54.6 Å². The molecule has 1 aliphatic heterocycles. The molecule has 0 spiro atoms. The number of aromatic amines is 1. The number of rotatable bonds is 4. The maximum absolute atomic E-state index is 12.9. The fourth-order valence-electron chi connectivity index (χ4n) is 4.05.